The van der Waals surface area contributed by atoms with Crippen molar-refractivity contribution in [1.82, 2.24) is 10.2 Å². The Bertz CT molecular complexity index is 84.9. The molecular weight excluding hydrogens is 112 g/mol. The molecule has 0 radical (unpaired) electrons. The summed E-state index contributed by atoms with van der Waals surface area (Å²) in [7, 11) is 2.15. The van der Waals surface area contributed by atoms with Crippen molar-refractivity contribution in [2.24, 2.45) is 0 Å². The number of rotatable bonds is 2. The number of hydrogen-bond acceptors (Lipinski definition) is 2. The van der Waals surface area contributed by atoms with Gasteiger partial charge in [0.05, 0.1) is 0 Å². The summed E-state index contributed by atoms with van der Waals surface area (Å²) in [6.45, 7) is 6.83. The number of likely N-dealkylation sites (N-methyl/N-ethyl adjacent to an activating group) is 1. The number of likely N-dealkylation sites (tertiary alicyclic amines) is 1. The molecule has 0 atom stereocenters. The normalized spacial score (nSPS) is 22.7. The third kappa shape index (κ3) is 1.95. The highest BCUT2D eigenvalue weighted by Crippen LogP contribution is 2.03. The van der Waals surface area contributed by atoms with E-state index in [1.807, 2.05) is 0 Å². The average Bonchev–Trinajstić information content (AvgIpc) is 1.60. The largest absolute Gasteiger partial charge is 0.309 e. The minimum absolute atomic E-state index is 0.642. The third-order valence-electron chi connectivity index (χ3n) is 1.63. The average molecular weight is 128 g/mol. The molecule has 0 unspecified atom stereocenters. The second-order valence-corrected chi connectivity index (χ2v) is 3.24. The highest BCUT2D eigenvalue weighted by molar-refractivity contribution is 4.84. The third-order valence-corrected chi connectivity index (χ3v) is 1.63. The second-order valence-electron chi connectivity index (χ2n) is 3.24. The Hall–Kier alpha value is -0.0800. The molecule has 0 aromatic rings. The first kappa shape index (κ1) is 7.03. The summed E-state index contributed by atoms with van der Waals surface area (Å²) in [4.78, 5) is 2.32. The zero-order valence-electron chi connectivity index (χ0n) is 6.52. The maximum absolute atomic E-state index is 3.47. The molecule has 1 aliphatic heterocycles. The zero-order valence-corrected chi connectivity index (χ0v) is 6.52. The molecule has 0 aromatic carbocycles. The van der Waals surface area contributed by atoms with Crippen LogP contribution in [0.1, 0.15) is 13.8 Å². The van der Waals surface area contributed by atoms with Gasteiger partial charge in [0.25, 0.3) is 0 Å². The molecule has 0 bridgehead atoms. The summed E-state index contributed by atoms with van der Waals surface area (Å²) >= 11 is 0. The maximum Gasteiger partial charge on any atom is 0.0324 e. The molecule has 0 spiro atoms. The van der Waals surface area contributed by atoms with Crippen molar-refractivity contribution in [1.29, 1.82) is 0 Å². The first-order chi connectivity index (χ1) is 4.18. The van der Waals surface area contributed by atoms with E-state index in [0.717, 1.165) is 6.04 Å². The van der Waals surface area contributed by atoms with Gasteiger partial charge in [0.2, 0.25) is 0 Å². The molecule has 1 aliphatic rings. The molecule has 1 N–H and O–H groups in total. The standard InChI is InChI=1S/C7H16N2/c1-6(2)8-7-4-9(3)5-7/h6-8H,4-5H2,1-3H3. The Morgan fingerprint density at radius 2 is 2.00 bits per heavy atom. The molecule has 2 heteroatoms. The summed E-state index contributed by atoms with van der Waals surface area (Å²) in [5, 5.41) is 3.47. The molecular formula is C7H16N2. The van der Waals surface area contributed by atoms with Crippen LogP contribution >= 0.6 is 0 Å². The SMILES string of the molecule is CC(C)NC1CN(C)C1. The van der Waals surface area contributed by atoms with Crippen LogP contribution in [-0.2, 0) is 0 Å². The van der Waals surface area contributed by atoms with Gasteiger partial charge < -0.3 is 10.2 Å². The maximum atomic E-state index is 3.47. The predicted octanol–water partition coefficient (Wildman–Crippen LogP) is 0.298. The lowest BCUT2D eigenvalue weighted by Crippen LogP contribution is -2.57. The van der Waals surface area contributed by atoms with Crippen molar-refractivity contribution in [3.8, 4) is 0 Å². The van der Waals surface area contributed by atoms with Crippen molar-refractivity contribution in [2.45, 2.75) is 25.9 Å². The smallest absolute Gasteiger partial charge is 0.0324 e. The van der Waals surface area contributed by atoms with Crippen molar-refractivity contribution in [2.75, 3.05) is 20.1 Å². The van der Waals surface area contributed by atoms with Crippen LogP contribution in [0.2, 0.25) is 0 Å². The van der Waals surface area contributed by atoms with Crippen LogP contribution in [0.4, 0.5) is 0 Å². The lowest BCUT2D eigenvalue weighted by atomic mass is 10.1. The van der Waals surface area contributed by atoms with Crippen molar-refractivity contribution in [3.63, 3.8) is 0 Å². The fraction of sp³-hybridized carbons (Fsp3) is 1.00. The first-order valence-corrected chi connectivity index (χ1v) is 3.63. The van der Waals surface area contributed by atoms with Gasteiger partial charge in [0.1, 0.15) is 0 Å². The molecule has 0 aromatic heterocycles. The van der Waals surface area contributed by atoms with Gasteiger partial charge >= 0.3 is 0 Å². The van der Waals surface area contributed by atoms with Gasteiger partial charge in [-0.2, -0.15) is 0 Å². The molecule has 0 aliphatic carbocycles. The van der Waals surface area contributed by atoms with Crippen LogP contribution in [0.15, 0.2) is 0 Å². The first-order valence-electron chi connectivity index (χ1n) is 3.63. The van der Waals surface area contributed by atoms with Crippen molar-refractivity contribution in [3.05, 3.63) is 0 Å². The molecule has 0 amide bonds. The molecule has 0 saturated carbocycles. The summed E-state index contributed by atoms with van der Waals surface area (Å²) in [5.41, 5.74) is 0. The van der Waals surface area contributed by atoms with Crippen LogP contribution in [0.5, 0.6) is 0 Å². The Kier molecular flexibility index (Phi) is 2.09. The van der Waals surface area contributed by atoms with Crippen molar-refractivity contribution >= 4 is 0 Å². The van der Waals surface area contributed by atoms with Gasteiger partial charge in [-0.15, -0.1) is 0 Å². The predicted molar refractivity (Wildman–Crippen MR) is 39.6 cm³/mol. The topological polar surface area (TPSA) is 15.3 Å². The van der Waals surface area contributed by atoms with E-state index in [1.54, 1.807) is 0 Å². The van der Waals surface area contributed by atoms with E-state index in [9.17, 15) is 0 Å². The van der Waals surface area contributed by atoms with Gasteiger partial charge in [-0.05, 0) is 7.05 Å². The molecule has 9 heavy (non-hydrogen) atoms. The van der Waals surface area contributed by atoms with E-state index in [0.29, 0.717) is 6.04 Å². The Labute approximate surface area is 57.2 Å². The van der Waals surface area contributed by atoms with Crippen LogP contribution in [-0.4, -0.2) is 37.1 Å². The van der Waals surface area contributed by atoms with E-state index in [1.165, 1.54) is 13.1 Å². The minimum Gasteiger partial charge on any atom is -0.309 e. The number of hydrogen-bond donors (Lipinski definition) is 1. The summed E-state index contributed by atoms with van der Waals surface area (Å²) < 4.78 is 0. The van der Waals surface area contributed by atoms with E-state index in [4.69, 9.17) is 0 Å². The van der Waals surface area contributed by atoms with Crippen molar-refractivity contribution < 1.29 is 0 Å². The minimum atomic E-state index is 0.642. The second kappa shape index (κ2) is 2.67. The van der Waals surface area contributed by atoms with Gasteiger partial charge in [0.15, 0.2) is 0 Å². The summed E-state index contributed by atoms with van der Waals surface area (Å²) in [6, 6.07) is 1.40. The molecule has 54 valence electrons. The molecule has 1 saturated heterocycles. The van der Waals surface area contributed by atoms with Crippen LogP contribution in [0.3, 0.4) is 0 Å². The van der Waals surface area contributed by atoms with E-state index >= 15 is 0 Å². The fourth-order valence-electron chi connectivity index (χ4n) is 1.28. The Morgan fingerprint density at radius 1 is 1.44 bits per heavy atom. The zero-order chi connectivity index (χ0) is 6.85. The molecule has 2 nitrogen and oxygen atoms in total. The highest BCUT2D eigenvalue weighted by atomic mass is 15.2. The highest BCUT2D eigenvalue weighted by Gasteiger charge is 2.22. The van der Waals surface area contributed by atoms with Crippen LogP contribution in [0, 0.1) is 0 Å². The van der Waals surface area contributed by atoms with Gasteiger partial charge in [-0.3, -0.25) is 0 Å². The lowest BCUT2D eigenvalue weighted by molar-refractivity contribution is 0.155. The fourth-order valence-corrected chi connectivity index (χ4v) is 1.28. The lowest BCUT2D eigenvalue weighted by Gasteiger charge is -2.37. The number of nitrogens with zero attached hydrogens (tertiary/aromatic N) is 1. The van der Waals surface area contributed by atoms with Crippen LogP contribution in [0.25, 0.3) is 0 Å². The van der Waals surface area contributed by atoms with Gasteiger partial charge in [0, 0.05) is 25.2 Å². The number of nitrogens with one attached hydrogen (secondary N) is 1. The Morgan fingerprint density at radius 3 is 2.33 bits per heavy atom. The summed E-state index contributed by atoms with van der Waals surface area (Å²) in [6.07, 6.45) is 0. The van der Waals surface area contributed by atoms with Crippen LogP contribution < -0.4 is 5.32 Å². The molecule has 1 heterocycles. The monoisotopic (exact) mass is 128 g/mol. The quantitative estimate of drug-likeness (QED) is 0.575. The molecule has 1 fully saturated rings. The van der Waals surface area contributed by atoms with E-state index < -0.39 is 0 Å². The van der Waals surface area contributed by atoms with Gasteiger partial charge in [-0.1, -0.05) is 13.8 Å². The van der Waals surface area contributed by atoms with E-state index in [2.05, 4.69) is 31.1 Å². The summed E-state index contributed by atoms with van der Waals surface area (Å²) in [5.74, 6) is 0. The van der Waals surface area contributed by atoms with Gasteiger partial charge in [-0.25, -0.2) is 0 Å². The molecule has 1 rings (SSSR count). The Balaban J connectivity index is 2.04. The van der Waals surface area contributed by atoms with E-state index in [-0.39, 0.29) is 0 Å².